The van der Waals surface area contributed by atoms with E-state index in [1.165, 1.54) is 30.4 Å². The molecular formula is C22H33NO2. The van der Waals surface area contributed by atoms with E-state index in [9.17, 15) is 5.11 Å². The van der Waals surface area contributed by atoms with E-state index in [-0.39, 0.29) is 5.41 Å². The summed E-state index contributed by atoms with van der Waals surface area (Å²) in [5.74, 6) is 0.790. The number of aliphatic hydroxyl groups is 1. The number of β-amino-alcohol motifs (C(OH)–C–C–N with tert-alkyl or cyclic N) is 1. The van der Waals surface area contributed by atoms with Gasteiger partial charge in [0.25, 0.3) is 0 Å². The normalized spacial score (nSPS) is 34.9. The van der Waals surface area contributed by atoms with Crippen LogP contribution < -0.4 is 0 Å². The highest BCUT2D eigenvalue weighted by Gasteiger charge is 2.61. The van der Waals surface area contributed by atoms with Crippen LogP contribution in [-0.4, -0.2) is 41.9 Å². The first-order valence-electron chi connectivity index (χ1n) is 9.99. The lowest BCUT2D eigenvalue weighted by Gasteiger charge is -2.39. The molecular weight excluding hydrogens is 310 g/mol. The second-order valence-electron chi connectivity index (χ2n) is 9.34. The molecule has 0 spiro atoms. The van der Waals surface area contributed by atoms with Crippen LogP contribution in [0.25, 0.3) is 0 Å². The van der Waals surface area contributed by atoms with E-state index in [0.717, 1.165) is 25.4 Å². The molecule has 1 aromatic rings. The van der Waals surface area contributed by atoms with Crippen LogP contribution in [-0.2, 0) is 17.7 Å². The summed E-state index contributed by atoms with van der Waals surface area (Å²) in [6.07, 6.45) is 4.80. The van der Waals surface area contributed by atoms with Crippen LogP contribution in [0.3, 0.4) is 0 Å². The van der Waals surface area contributed by atoms with Crippen molar-refractivity contribution in [2.24, 2.45) is 16.7 Å². The van der Waals surface area contributed by atoms with Gasteiger partial charge in [-0.05, 0) is 53.6 Å². The molecule has 4 rings (SSSR count). The Labute approximate surface area is 152 Å². The van der Waals surface area contributed by atoms with Crippen LogP contribution in [0.5, 0.6) is 0 Å². The second-order valence-corrected chi connectivity index (χ2v) is 9.34. The van der Waals surface area contributed by atoms with E-state index in [0.29, 0.717) is 24.7 Å². The molecule has 1 N–H and O–H groups in total. The van der Waals surface area contributed by atoms with Gasteiger partial charge in [0.2, 0.25) is 0 Å². The van der Waals surface area contributed by atoms with Gasteiger partial charge in [-0.1, -0.05) is 45.0 Å². The Hall–Kier alpha value is -0.900. The molecule has 2 bridgehead atoms. The first kappa shape index (κ1) is 17.5. The highest BCUT2D eigenvalue weighted by atomic mass is 16.5. The molecule has 2 aliphatic carbocycles. The van der Waals surface area contributed by atoms with Gasteiger partial charge < -0.3 is 9.84 Å². The monoisotopic (exact) mass is 343 g/mol. The highest BCUT2D eigenvalue weighted by Crippen LogP contribution is 2.66. The van der Waals surface area contributed by atoms with Crippen molar-refractivity contribution in [2.45, 2.75) is 65.2 Å². The number of rotatable bonds is 5. The molecule has 0 saturated heterocycles. The molecule has 1 heterocycles. The van der Waals surface area contributed by atoms with Crippen LogP contribution >= 0.6 is 0 Å². The predicted molar refractivity (Wildman–Crippen MR) is 100 cm³/mol. The molecule has 1 aromatic carbocycles. The topological polar surface area (TPSA) is 32.7 Å². The zero-order valence-electron chi connectivity index (χ0n) is 16.0. The van der Waals surface area contributed by atoms with Crippen molar-refractivity contribution < 1.29 is 9.84 Å². The molecule has 25 heavy (non-hydrogen) atoms. The number of hydrogen-bond acceptors (Lipinski definition) is 3. The molecule has 2 fully saturated rings. The SMILES string of the molecule is CC1(C)C2CCC1(C)C(OCC(O)CN1CCc3ccccc3C1)C2. The maximum Gasteiger partial charge on any atom is 0.0900 e. The Kier molecular flexibility index (Phi) is 4.46. The highest BCUT2D eigenvalue weighted by molar-refractivity contribution is 5.29. The molecule has 0 amide bonds. The minimum atomic E-state index is -0.392. The number of aliphatic hydroxyl groups excluding tert-OH is 1. The smallest absolute Gasteiger partial charge is 0.0900 e. The third-order valence-corrected chi connectivity index (χ3v) is 7.88. The average Bonchev–Trinajstić information content (AvgIpc) is 2.93. The lowest BCUT2D eigenvalue weighted by molar-refractivity contribution is -0.0798. The summed E-state index contributed by atoms with van der Waals surface area (Å²) in [5.41, 5.74) is 3.52. The maximum absolute atomic E-state index is 10.5. The van der Waals surface area contributed by atoms with Crippen molar-refractivity contribution >= 4 is 0 Å². The number of benzene rings is 1. The van der Waals surface area contributed by atoms with E-state index in [4.69, 9.17) is 4.74 Å². The standard InChI is InChI=1S/C22H33NO2/c1-21(2)18-8-10-22(21,3)20(12-18)25-15-19(24)14-23-11-9-16-6-4-5-7-17(16)13-23/h4-7,18-20,24H,8-15H2,1-3H3. The second kappa shape index (κ2) is 6.37. The summed E-state index contributed by atoms with van der Waals surface area (Å²) in [6.45, 7) is 10.4. The van der Waals surface area contributed by atoms with Gasteiger partial charge in [-0.15, -0.1) is 0 Å². The van der Waals surface area contributed by atoms with Crippen molar-refractivity contribution in [1.82, 2.24) is 4.90 Å². The molecule has 3 nitrogen and oxygen atoms in total. The zero-order chi connectivity index (χ0) is 17.7. The lowest BCUT2D eigenvalue weighted by atomic mass is 9.70. The van der Waals surface area contributed by atoms with Gasteiger partial charge in [0.15, 0.2) is 0 Å². The van der Waals surface area contributed by atoms with Gasteiger partial charge in [0, 0.05) is 19.6 Å². The van der Waals surface area contributed by atoms with Crippen molar-refractivity contribution in [3.63, 3.8) is 0 Å². The van der Waals surface area contributed by atoms with Crippen LogP contribution in [0.1, 0.15) is 51.2 Å². The minimum absolute atomic E-state index is 0.279. The fourth-order valence-electron chi connectivity index (χ4n) is 5.67. The van der Waals surface area contributed by atoms with E-state index < -0.39 is 6.10 Å². The summed E-state index contributed by atoms with van der Waals surface area (Å²) >= 11 is 0. The fraction of sp³-hybridized carbons (Fsp3) is 0.727. The molecule has 0 radical (unpaired) electrons. The van der Waals surface area contributed by atoms with Gasteiger partial charge in [-0.3, -0.25) is 4.90 Å². The average molecular weight is 344 g/mol. The van der Waals surface area contributed by atoms with Crippen LogP contribution in [0.2, 0.25) is 0 Å². The lowest BCUT2D eigenvalue weighted by Crippen LogP contribution is -2.41. The third-order valence-electron chi connectivity index (χ3n) is 7.88. The molecule has 138 valence electrons. The van der Waals surface area contributed by atoms with E-state index in [1.807, 2.05) is 0 Å². The van der Waals surface area contributed by atoms with Crippen molar-refractivity contribution in [2.75, 3.05) is 19.7 Å². The summed E-state index contributed by atoms with van der Waals surface area (Å²) < 4.78 is 6.27. The molecule has 4 unspecified atom stereocenters. The predicted octanol–water partition coefficient (Wildman–Crippen LogP) is 3.64. The summed E-state index contributed by atoms with van der Waals surface area (Å²) in [4.78, 5) is 2.36. The first-order chi connectivity index (χ1) is 11.9. The maximum atomic E-state index is 10.5. The Bertz CT molecular complexity index is 628. The summed E-state index contributed by atoms with van der Waals surface area (Å²) in [5, 5.41) is 10.5. The molecule has 4 atom stereocenters. The van der Waals surface area contributed by atoms with E-state index in [1.54, 1.807) is 0 Å². The Balaban J connectivity index is 1.29. The van der Waals surface area contributed by atoms with E-state index >= 15 is 0 Å². The number of ether oxygens (including phenoxy) is 1. The molecule has 0 aromatic heterocycles. The minimum Gasteiger partial charge on any atom is -0.389 e. The number of fused-ring (bicyclic) bond motifs is 3. The van der Waals surface area contributed by atoms with Crippen LogP contribution in [0.4, 0.5) is 0 Å². The van der Waals surface area contributed by atoms with Crippen molar-refractivity contribution in [3.8, 4) is 0 Å². The zero-order valence-corrected chi connectivity index (χ0v) is 16.0. The van der Waals surface area contributed by atoms with Gasteiger partial charge in [0.05, 0.1) is 18.8 Å². The van der Waals surface area contributed by atoms with Gasteiger partial charge in [-0.25, -0.2) is 0 Å². The Morgan fingerprint density at radius 3 is 2.68 bits per heavy atom. The quantitative estimate of drug-likeness (QED) is 0.886. The molecule has 3 heteroatoms. The van der Waals surface area contributed by atoms with Crippen LogP contribution in [0.15, 0.2) is 24.3 Å². The number of hydrogen-bond donors (Lipinski definition) is 1. The first-order valence-corrected chi connectivity index (χ1v) is 9.99. The van der Waals surface area contributed by atoms with E-state index in [2.05, 4.69) is 49.9 Å². The summed E-state index contributed by atoms with van der Waals surface area (Å²) in [7, 11) is 0. The van der Waals surface area contributed by atoms with Gasteiger partial charge in [0.1, 0.15) is 0 Å². The Morgan fingerprint density at radius 1 is 1.24 bits per heavy atom. The molecule has 1 aliphatic heterocycles. The molecule has 2 saturated carbocycles. The van der Waals surface area contributed by atoms with Gasteiger partial charge >= 0.3 is 0 Å². The fourth-order valence-corrected chi connectivity index (χ4v) is 5.67. The van der Waals surface area contributed by atoms with Crippen molar-refractivity contribution in [3.05, 3.63) is 35.4 Å². The van der Waals surface area contributed by atoms with Gasteiger partial charge in [-0.2, -0.15) is 0 Å². The van der Waals surface area contributed by atoms with Crippen molar-refractivity contribution in [1.29, 1.82) is 0 Å². The summed E-state index contributed by atoms with van der Waals surface area (Å²) in [6, 6.07) is 8.67. The van der Waals surface area contributed by atoms with Crippen LogP contribution in [0, 0.1) is 16.7 Å². The Morgan fingerprint density at radius 2 is 2.00 bits per heavy atom. The number of nitrogens with zero attached hydrogens (tertiary/aromatic N) is 1. The largest absolute Gasteiger partial charge is 0.389 e. The molecule has 3 aliphatic rings. The third kappa shape index (κ3) is 2.94.